The van der Waals surface area contributed by atoms with E-state index < -0.39 is 0 Å². The third-order valence-corrected chi connectivity index (χ3v) is 6.72. The summed E-state index contributed by atoms with van der Waals surface area (Å²) in [5, 5.41) is 8.48. The quantitative estimate of drug-likeness (QED) is 0.192. The van der Waals surface area contributed by atoms with Gasteiger partial charge in [-0.2, -0.15) is 9.78 Å². The molecule has 220 valence electrons. The fraction of sp³-hybridized carbons (Fsp3) is 0.118. The van der Waals surface area contributed by atoms with Gasteiger partial charge in [0.1, 0.15) is 11.3 Å². The summed E-state index contributed by atoms with van der Waals surface area (Å²) in [5.74, 6) is 1.75. The largest absolute Gasteiger partial charge is 0.496 e. The molecule has 10 nitrogen and oxygen atoms in total. The Morgan fingerprint density at radius 3 is 2.55 bits per heavy atom. The van der Waals surface area contributed by atoms with Gasteiger partial charge in [-0.05, 0) is 73.2 Å². The lowest BCUT2D eigenvalue weighted by Gasteiger charge is -2.13. The van der Waals surface area contributed by atoms with E-state index in [0.29, 0.717) is 57.4 Å². The Morgan fingerprint density at radius 1 is 0.909 bits per heavy atom. The summed E-state index contributed by atoms with van der Waals surface area (Å²) in [6.45, 7) is 2.02. The van der Waals surface area contributed by atoms with Gasteiger partial charge in [-0.3, -0.25) is 9.59 Å². The van der Waals surface area contributed by atoms with Crippen molar-refractivity contribution >= 4 is 39.7 Å². The third kappa shape index (κ3) is 5.86. The molecule has 0 aliphatic carbocycles. The van der Waals surface area contributed by atoms with Gasteiger partial charge in [-0.1, -0.05) is 36.4 Å². The monoisotopic (exact) mass is 588 g/mol. The molecular weight excluding hydrogens is 560 g/mol. The average Bonchev–Trinajstić information content (AvgIpc) is 3.49. The van der Waals surface area contributed by atoms with Crippen molar-refractivity contribution in [1.82, 2.24) is 9.66 Å². The second-order valence-corrected chi connectivity index (χ2v) is 9.64. The van der Waals surface area contributed by atoms with Crippen molar-refractivity contribution < 1.29 is 23.4 Å². The van der Waals surface area contributed by atoms with Crippen LogP contribution in [0.3, 0.4) is 0 Å². The van der Waals surface area contributed by atoms with Gasteiger partial charge in [0.2, 0.25) is 5.82 Å². The molecule has 0 unspecified atom stereocenters. The minimum Gasteiger partial charge on any atom is -0.496 e. The van der Waals surface area contributed by atoms with E-state index >= 15 is 0 Å². The Bertz CT molecular complexity index is 2050. The van der Waals surface area contributed by atoms with Gasteiger partial charge in [-0.15, -0.1) is 0 Å². The zero-order valence-corrected chi connectivity index (χ0v) is 24.0. The van der Waals surface area contributed by atoms with Crippen molar-refractivity contribution in [3.8, 4) is 28.8 Å². The second kappa shape index (κ2) is 12.5. The van der Waals surface area contributed by atoms with Gasteiger partial charge < -0.3 is 23.9 Å². The lowest BCUT2D eigenvalue weighted by Crippen LogP contribution is -2.20. The number of ether oxygens (including phenoxy) is 3. The molecule has 0 spiro atoms. The molecule has 1 amide bonds. The maximum atomic E-state index is 13.6. The van der Waals surface area contributed by atoms with E-state index in [1.807, 2.05) is 49.4 Å². The lowest BCUT2D eigenvalue weighted by molar-refractivity contribution is -0.118. The van der Waals surface area contributed by atoms with E-state index in [9.17, 15) is 9.59 Å². The number of aromatic nitrogens is 2. The average molecular weight is 589 g/mol. The van der Waals surface area contributed by atoms with Crippen molar-refractivity contribution in [2.24, 2.45) is 5.10 Å². The molecular formula is C34H28N4O6. The lowest BCUT2D eigenvalue weighted by atomic mass is 10.2. The summed E-state index contributed by atoms with van der Waals surface area (Å²) in [6.07, 6.45) is 1.53. The van der Waals surface area contributed by atoms with Crippen LogP contribution in [0.15, 0.2) is 111 Å². The number of carbonyl (C=O) groups is 1. The van der Waals surface area contributed by atoms with Gasteiger partial charge >= 0.3 is 0 Å². The highest BCUT2D eigenvalue weighted by molar-refractivity contribution is 5.92. The number of methoxy groups -OCH3 is 1. The zero-order chi connectivity index (χ0) is 30.5. The number of nitrogens with zero attached hydrogens (tertiary/aromatic N) is 3. The summed E-state index contributed by atoms with van der Waals surface area (Å²) in [4.78, 5) is 30.8. The summed E-state index contributed by atoms with van der Waals surface area (Å²) in [5.41, 5.74) is 2.06. The fourth-order valence-electron chi connectivity index (χ4n) is 4.69. The number of rotatable bonds is 10. The van der Waals surface area contributed by atoms with Gasteiger partial charge in [-0.25, -0.2) is 4.98 Å². The Morgan fingerprint density at radius 2 is 1.73 bits per heavy atom. The normalized spacial score (nSPS) is 11.2. The van der Waals surface area contributed by atoms with Crippen LogP contribution in [-0.4, -0.2) is 42.1 Å². The van der Waals surface area contributed by atoms with Crippen molar-refractivity contribution in [3.05, 3.63) is 113 Å². The Hall–Kier alpha value is -5.90. The minimum atomic E-state index is -0.358. The maximum absolute atomic E-state index is 13.6. The predicted octanol–water partition coefficient (Wildman–Crippen LogP) is 6.12. The number of fused-ring (bicyclic) bond motifs is 2. The highest BCUT2D eigenvalue weighted by Crippen LogP contribution is 2.33. The minimum absolute atomic E-state index is 0.202. The third-order valence-electron chi connectivity index (χ3n) is 6.72. The highest BCUT2D eigenvalue weighted by Gasteiger charge is 2.18. The Labute approximate surface area is 252 Å². The Kier molecular flexibility index (Phi) is 8.04. The number of para-hydroxylation sites is 2. The van der Waals surface area contributed by atoms with Crippen LogP contribution in [0.4, 0.5) is 5.69 Å². The van der Waals surface area contributed by atoms with Crippen LogP contribution < -0.4 is 25.1 Å². The molecule has 6 rings (SSSR count). The van der Waals surface area contributed by atoms with Crippen LogP contribution in [0.5, 0.6) is 17.2 Å². The van der Waals surface area contributed by atoms with E-state index in [0.717, 1.165) is 5.39 Å². The van der Waals surface area contributed by atoms with Crippen molar-refractivity contribution in [2.45, 2.75) is 6.92 Å². The smallest absolute Gasteiger partial charge is 0.282 e. The molecule has 0 aliphatic rings. The number of hydrogen-bond donors (Lipinski definition) is 1. The maximum Gasteiger partial charge on any atom is 0.282 e. The first kappa shape index (κ1) is 28.2. The summed E-state index contributed by atoms with van der Waals surface area (Å²) >= 11 is 0. The zero-order valence-electron chi connectivity index (χ0n) is 24.0. The van der Waals surface area contributed by atoms with E-state index in [-0.39, 0.29) is 23.9 Å². The molecule has 0 saturated heterocycles. The number of carbonyl (C=O) groups excluding carboxylic acids is 1. The molecule has 10 heteroatoms. The van der Waals surface area contributed by atoms with Gasteiger partial charge in [0.25, 0.3) is 11.5 Å². The second-order valence-electron chi connectivity index (χ2n) is 9.64. The van der Waals surface area contributed by atoms with Crippen LogP contribution in [0.25, 0.3) is 33.5 Å². The topological polar surface area (TPSA) is 117 Å². The first-order chi connectivity index (χ1) is 21.5. The van der Waals surface area contributed by atoms with Gasteiger partial charge in [0.15, 0.2) is 23.9 Å². The van der Waals surface area contributed by atoms with E-state index in [1.54, 1.807) is 61.7 Å². The van der Waals surface area contributed by atoms with Crippen LogP contribution in [0.1, 0.15) is 12.5 Å². The molecule has 4 aromatic carbocycles. The Balaban J connectivity index is 1.32. The number of amides is 1. The van der Waals surface area contributed by atoms with Crippen LogP contribution in [-0.2, 0) is 4.79 Å². The molecule has 0 radical (unpaired) electrons. The molecule has 2 aromatic heterocycles. The van der Waals surface area contributed by atoms with Crippen LogP contribution in [0, 0.1) is 0 Å². The molecule has 0 bridgehead atoms. The summed E-state index contributed by atoms with van der Waals surface area (Å²) in [6, 6.07) is 28.6. The highest BCUT2D eigenvalue weighted by atomic mass is 16.5. The van der Waals surface area contributed by atoms with Crippen molar-refractivity contribution in [3.63, 3.8) is 0 Å². The number of anilines is 1. The molecule has 0 saturated carbocycles. The summed E-state index contributed by atoms with van der Waals surface area (Å²) < 4.78 is 24.3. The number of benzene rings is 4. The standard InChI is InChI=1S/C34H28N4O6/c1-3-42-30-18-22(16-17-29(30)43-21-32(39)36-23-10-5-4-6-11-23)20-35-38-33(37-26-13-8-7-12-24(26)34(38)40)31-19-25-27(41-2)14-9-15-28(25)44-31/h4-20H,3,21H2,1-2H3,(H,36,39). The SMILES string of the molecule is CCOc1cc(C=Nn2c(-c3cc4c(OC)cccc4o3)nc3ccccc3c2=O)ccc1OCC(=O)Nc1ccccc1. The number of hydrogen-bond acceptors (Lipinski definition) is 8. The van der Waals surface area contributed by atoms with Gasteiger partial charge in [0.05, 0.1) is 36.2 Å². The molecule has 44 heavy (non-hydrogen) atoms. The van der Waals surface area contributed by atoms with E-state index in [4.69, 9.17) is 23.6 Å². The molecule has 0 atom stereocenters. The number of nitrogens with one attached hydrogen (secondary N) is 1. The van der Waals surface area contributed by atoms with Crippen molar-refractivity contribution in [1.29, 1.82) is 0 Å². The van der Waals surface area contributed by atoms with E-state index in [2.05, 4.69) is 10.4 Å². The number of furan rings is 1. The first-order valence-corrected chi connectivity index (χ1v) is 13.9. The molecule has 0 fully saturated rings. The van der Waals surface area contributed by atoms with Crippen LogP contribution >= 0.6 is 0 Å². The summed E-state index contributed by atoms with van der Waals surface area (Å²) in [7, 11) is 1.59. The molecule has 1 N–H and O–H groups in total. The first-order valence-electron chi connectivity index (χ1n) is 13.9. The molecule has 2 heterocycles. The van der Waals surface area contributed by atoms with Crippen LogP contribution in [0.2, 0.25) is 0 Å². The molecule has 6 aromatic rings. The molecule has 0 aliphatic heterocycles. The van der Waals surface area contributed by atoms with Crippen molar-refractivity contribution in [2.75, 3.05) is 25.6 Å². The van der Waals surface area contributed by atoms with Gasteiger partial charge in [0, 0.05) is 5.69 Å². The fourth-order valence-corrected chi connectivity index (χ4v) is 4.69. The predicted molar refractivity (Wildman–Crippen MR) is 169 cm³/mol. The van der Waals surface area contributed by atoms with E-state index in [1.165, 1.54) is 10.9 Å².